The maximum atomic E-state index is 12.4. The van der Waals surface area contributed by atoms with Crippen molar-refractivity contribution in [2.24, 2.45) is 5.41 Å². The zero-order chi connectivity index (χ0) is 22.2. The first kappa shape index (κ1) is 23.6. The molecule has 0 amide bonds. The molecule has 2 bridgehead atoms. The number of non-ortho nitro benzene ring substituents is 1. The standard InChI is InChI=1S/C27H29N2O3.BrH/c30-27(23-7-3-1-4-8-23,24-9-5-2-6-10-24)26-15-18-29(19-16-26,20-17-26)21-22-11-13-25(14-12-22)28(31)32;/h1-14,30H,15-21H2;1H/q+1;/p-1. The van der Waals surface area contributed by atoms with Crippen LogP contribution in [0.4, 0.5) is 5.69 Å². The van der Waals surface area contributed by atoms with Gasteiger partial charge in [0, 0.05) is 42.4 Å². The van der Waals surface area contributed by atoms with E-state index >= 15 is 0 Å². The predicted molar refractivity (Wildman–Crippen MR) is 124 cm³/mol. The number of piperidine rings is 3. The summed E-state index contributed by atoms with van der Waals surface area (Å²) in [4.78, 5) is 10.6. The molecule has 0 atom stereocenters. The number of quaternary nitrogens is 1. The summed E-state index contributed by atoms with van der Waals surface area (Å²) < 4.78 is 0.999. The van der Waals surface area contributed by atoms with E-state index in [-0.39, 0.29) is 33.0 Å². The van der Waals surface area contributed by atoms with Gasteiger partial charge in [0.1, 0.15) is 12.1 Å². The lowest BCUT2D eigenvalue weighted by Crippen LogP contribution is -3.00. The molecule has 3 fully saturated rings. The Morgan fingerprint density at radius 1 is 0.818 bits per heavy atom. The van der Waals surface area contributed by atoms with Crippen LogP contribution in [0.1, 0.15) is 36.0 Å². The van der Waals surface area contributed by atoms with Crippen LogP contribution < -0.4 is 17.0 Å². The Kier molecular flexibility index (Phi) is 6.45. The zero-order valence-corrected chi connectivity index (χ0v) is 20.2. The molecule has 33 heavy (non-hydrogen) atoms. The second-order valence-corrected chi connectivity index (χ2v) is 9.57. The van der Waals surface area contributed by atoms with Gasteiger partial charge in [-0.15, -0.1) is 0 Å². The fraction of sp³-hybridized carbons (Fsp3) is 0.333. The Bertz CT molecular complexity index is 1040. The van der Waals surface area contributed by atoms with Crippen molar-refractivity contribution in [3.05, 3.63) is 112 Å². The normalized spacial score (nSPS) is 24.2. The van der Waals surface area contributed by atoms with Gasteiger partial charge in [-0.3, -0.25) is 10.1 Å². The third kappa shape index (κ3) is 4.01. The number of aliphatic hydroxyl groups is 1. The summed E-state index contributed by atoms with van der Waals surface area (Å²) in [6, 6.07) is 27.3. The number of fused-ring (bicyclic) bond motifs is 3. The lowest BCUT2D eigenvalue weighted by atomic mass is 9.56. The molecule has 0 saturated carbocycles. The molecule has 0 aliphatic carbocycles. The van der Waals surface area contributed by atoms with Crippen LogP contribution in [-0.4, -0.2) is 34.1 Å². The van der Waals surface area contributed by atoms with Gasteiger partial charge < -0.3 is 26.6 Å². The van der Waals surface area contributed by atoms with Crippen molar-refractivity contribution in [1.82, 2.24) is 0 Å². The molecule has 3 heterocycles. The average molecular weight is 509 g/mol. The van der Waals surface area contributed by atoms with E-state index in [0.717, 1.165) is 66.6 Å². The van der Waals surface area contributed by atoms with E-state index in [1.807, 2.05) is 48.5 Å². The fourth-order valence-electron chi connectivity index (χ4n) is 6.09. The molecule has 0 radical (unpaired) electrons. The van der Waals surface area contributed by atoms with E-state index in [1.165, 1.54) is 0 Å². The highest BCUT2D eigenvalue weighted by atomic mass is 79.9. The summed E-state index contributed by atoms with van der Waals surface area (Å²) >= 11 is 0. The van der Waals surface area contributed by atoms with Gasteiger partial charge in [-0.2, -0.15) is 0 Å². The number of hydrogen-bond donors (Lipinski definition) is 1. The van der Waals surface area contributed by atoms with Crippen LogP contribution in [0.3, 0.4) is 0 Å². The van der Waals surface area contributed by atoms with E-state index in [2.05, 4.69) is 24.3 Å². The highest BCUT2D eigenvalue weighted by Gasteiger charge is 2.60. The van der Waals surface area contributed by atoms with Crippen LogP contribution in [0.2, 0.25) is 0 Å². The van der Waals surface area contributed by atoms with Gasteiger partial charge >= 0.3 is 0 Å². The van der Waals surface area contributed by atoms with Crippen molar-refractivity contribution in [3.8, 4) is 0 Å². The topological polar surface area (TPSA) is 63.4 Å². The molecule has 3 aliphatic heterocycles. The summed E-state index contributed by atoms with van der Waals surface area (Å²) in [5.74, 6) is 0. The van der Waals surface area contributed by atoms with E-state index < -0.39 is 5.60 Å². The van der Waals surface area contributed by atoms with Gasteiger partial charge in [-0.25, -0.2) is 0 Å². The Labute approximate surface area is 205 Å². The van der Waals surface area contributed by atoms with Gasteiger partial charge in [0.25, 0.3) is 5.69 Å². The highest BCUT2D eigenvalue weighted by molar-refractivity contribution is 5.39. The summed E-state index contributed by atoms with van der Waals surface area (Å²) in [6.07, 6.45) is 2.88. The van der Waals surface area contributed by atoms with Crippen molar-refractivity contribution in [2.75, 3.05) is 19.6 Å². The van der Waals surface area contributed by atoms with Crippen molar-refractivity contribution in [2.45, 2.75) is 31.4 Å². The van der Waals surface area contributed by atoms with E-state index in [0.29, 0.717) is 0 Å². The van der Waals surface area contributed by atoms with Gasteiger partial charge in [-0.1, -0.05) is 60.7 Å². The molecule has 0 unspecified atom stereocenters. The minimum absolute atomic E-state index is 0. The van der Waals surface area contributed by atoms with Crippen LogP contribution in [-0.2, 0) is 12.1 Å². The molecule has 1 N–H and O–H groups in total. The van der Waals surface area contributed by atoms with E-state index in [9.17, 15) is 15.2 Å². The molecule has 5 nitrogen and oxygen atoms in total. The minimum Gasteiger partial charge on any atom is -1.00 e. The first-order valence-corrected chi connectivity index (χ1v) is 11.4. The van der Waals surface area contributed by atoms with Crippen LogP contribution in [0.15, 0.2) is 84.9 Å². The molecule has 6 heteroatoms. The van der Waals surface area contributed by atoms with Crippen molar-refractivity contribution < 1.29 is 31.5 Å². The summed E-state index contributed by atoms with van der Waals surface area (Å²) in [5, 5.41) is 23.4. The third-order valence-corrected chi connectivity index (χ3v) is 8.01. The molecular weight excluding hydrogens is 480 g/mol. The van der Waals surface area contributed by atoms with Crippen molar-refractivity contribution in [1.29, 1.82) is 0 Å². The third-order valence-electron chi connectivity index (χ3n) is 8.01. The molecule has 172 valence electrons. The Morgan fingerprint density at radius 3 is 1.70 bits per heavy atom. The molecule has 3 aromatic rings. The maximum absolute atomic E-state index is 12.4. The first-order chi connectivity index (χ1) is 15.5. The first-order valence-electron chi connectivity index (χ1n) is 11.4. The number of rotatable bonds is 6. The lowest BCUT2D eigenvalue weighted by molar-refractivity contribution is -0.958. The molecule has 0 spiro atoms. The highest BCUT2D eigenvalue weighted by Crippen LogP contribution is 2.57. The van der Waals surface area contributed by atoms with Crippen molar-refractivity contribution >= 4 is 5.69 Å². The van der Waals surface area contributed by atoms with Crippen LogP contribution >= 0.6 is 0 Å². The molecule has 3 aliphatic rings. The average Bonchev–Trinajstić information content (AvgIpc) is 2.86. The number of nitro groups is 1. The number of hydrogen-bond acceptors (Lipinski definition) is 3. The fourth-order valence-corrected chi connectivity index (χ4v) is 6.09. The number of benzene rings is 3. The SMILES string of the molecule is O=[N+]([O-])c1ccc(C[N+]23CCC(C(O)(c4ccccc4)c4ccccc4)(CC2)CC3)cc1.[Br-]. The molecule has 3 saturated heterocycles. The molecule has 6 rings (SSSR count). The molecule has 3 aromatic carbocycles. The van der Waals surface area contributed by atoms with Crippen LogP contribution in [0, 0.1) is 15.5 Å². The maximum Gasteiger partial charge on any atom is 0.269 e. The van der Waals surface area contributed by atoms with Crippen molar-refractivity contribution in [3.63, 3.8) is 0 Å². The Hall–Kier alpha value is -2.54. The van der Waals surface area contributed by atoms with Gasteiger partial charge in [0.2, 0.25) is 0 Å². The minimum atomic E-state index is -1.01. The number of nitrogens with zero attached hydrogens (tertiary/aromatic N) is 2. The zero-order valence-electron chi connectivity index (χ0n) is 18.6. The monoisotopic (exact) mass is 508 g/mol. The second-order valence-electron chi connectivity index (χ2n) is 9.57. The van der Waals surface area contributed by atoms with E-state index in [1.54, 1.807) is 12.1 Å². The Balaban J connectivity index is 0.00000259. The lowest BCUT2D eigenvalue weighted by Gasteiger charge is -2.60. The van der Waals surface area contributed by atoms with Gasteiger partial charge in [-0.05, 0) is 23.3 Å². The quantitative estimate of drug-likeness (QED) is 0.314. The molecular formula is C27H29BrN2O3. The van der Waals surface area contributed by atoms with Gasteiger partial charge in [0.15, 0.2) is 0 Å². The second kappa shape index (κ2) is 9.01. The molecule has 0 aromatic heterocycles. The predicted octanol–water partition coefficient (Wildman–Crippen LogP) is 2.04. The number of halogens is 1. The number of nitro benzene ring substituents is 1. The van der Waals surface area contributed by atoms with Gasteiger partial charge in [0.05, 0.1) is 24.6 Å². The summed E-state index contributed by atoms with van der Waals surface area (Å²) in [6.45, 7) is 3.93. The summed E-state index contributed by atoms with van der Waals surface area (Å²) in [7, 11) is 0. The largest absolute Gasteiger partial charge is 1.00 e. The smallest absolute Gasteiger partial charge is 0.269 e. The van der Waals surface area contributed by atoms with Crippen LogP contribution in [0.25, 0.3) is 0 Å². The Morgan fingerprint density at radius 2 is 1.27 bits per heavy atom. The van der Waals surface area contributed by atoms with Crippen LogP contribution in [0.5, 0.6) is 0 Å². The summed E-state index contributed by atoms with van der Waals surface area (Å²) in [5.41, 5.74) is 2.03. The van der Waals surface area contributed by atoms with E-state index in [4.69, 9.17) is 0 Å².